The molecule has 0 aromatic rings. The third-order valence-corrected chi connectivity index (χ3v) is 11.0. The summed E-state index contributed by atoms with van der Waals surface area (Å²) >= 11 is -1.91. The van der Waals surface area contributed by atoms with Gasteiger partial charge in [-0.25, -0.2) is 0 Å². The summed E-state index contributed by atoms with van der Waals surface area (Å²) in [5.74, 6) is 1.75. The van der Waals surface area contributed by atoms with Gasteiger partial charge in [0, 0.05) is 0 Å². The molecule has 0 aliphatic heterocycles. The van der Waals surface area contributed by atoms with Crippen molar-refractivity contribution in [2.75, 3.05) is 6.61 Å². The van der Waals surface area contributed by atoms with E-state index in [1.807, 2.05) is 0 Å². The van der Waals surface area contributed by atoms with E-state index in [9.17, 15) is 4.79 Å². The summed E-state index contributed by atoms with van der Waals surface area (Å²) in [6, 6.07) is 0. The van der Waals surface area contributed by atoms with Gasteiger partial charge in [0.25, 0.3) is 0 Å². The normalized spacial score (nSPS) is 21.0. The summed E-state index contributed by atoms with van der Waals surface area (Å²) in [6.45, 7) is 7.19. The minimum atomic E-state index is -1.91. The van der Waals surface area contributed by atoms with Gasteiger partial charge in [-0.3, -0.25) is 0 Å². The summed E-state index contributed by atoms with van der Waals surface area (Å²) in [5, 5.41) is 0. The van der Waals surface area contributed by atoms with E-state index in [-0.39, 0.29) is 11.7 Å². The monoisotopic (exact) mass is 372 g/mol. The molecule has 1 aliphatic carbocycles. The molecule has 2 nitrogen and oxygen atoms in total. The van der Waals surface area contributed by atoms with Crippen molar-refractivity contribution in [3.05, 3.63) is 21.5 Å². The molecule has 1 rings (SSSR count). The van der Waals surface area contributed by atoms with Gasteiger partial charge in [0.2, 0.25) is 0 Å². The van der Waals surface area contributed by atoms with E-state index in [1.165, 1.54) is 0 Å². The van der Waals surface area contributed by atoms with Crippen LogP contribution < -0.4 is 0 Å². The maximum atomic E-state index is 11.9. The van der Waals surface area contributed by atoms with Crippen molar-refractivity contribution in [3.8, 4) is 0 Å². The summed E-state index contributed by atoms with van der Waals surface area (Å²) in [5.41, 5.74) is 0. The molecule has 0 saturated carbocycles. The Morgan fingerprint density at radius 2 is 2.11 bits per heavy atom. The molecule has 19 heavy (non-hydrogen) atoms. The average molecular weight is 371 g/mol. The molecule has 0 heterocycles. The van der Waals surface area contributed by atoms with Crippen LogP contribution in [-0.2, 0) is 9.53 Å². The fourth-order valence-corrected chi connectivity index (χ4v) is 3.96. The van der Waals surface area contributed by atoms with Crippen LogP contribution in [0.3, 0.4) is 0 Å². The fourth-order valence-electron chi connectivity index (χ4n) is 1.88. The molecule has 108 valence electrons. The van der Waals surface area contributed by atoms with Gasteiger partial charge in [0.15, 0.2) is 0 Å². The Balaban J connectivity index is 2.50. The molecule has 1 aliphatic rings. The molecule has 0 spiro atoms. The Bertz CT molecular complexity index is 386. The number of ketones is 1. The Kier molecular flexibility index (Phi) is 6.15. The van der Waals surface area contributed by atoms with Crippen LogP contribution in [0.5, 0.6) is 0 Å². The number of carbonyl (C=O) groups excluding carboxylic acids is 1. The number of carbonyl (C=O) groups is 1. The fraction of sp³-hybridized carbons (Fsp3) is 0.688. The van der Waals surface area contributed by atoms with E-state index in [0.717, 1.165) is 18.6 Å². The second kappa shape index (κ2) is 6.96. The van der Waals surface area contributed by atoms with Crippen LogP contribution in [0.15, 0.2) is 21.5 Å². The Hall–Kier alpha value is -0.251. The zero-order valence-corrected chi connectivity index (χ0v) is 16.1. The van der Waals surface area contributed by atoms with Gasteiger partial charge in [-0.15, -0.1) is 0 Å². The molecule has 0 amide bonds. The first-order valence-electron chi connectivity index (χ1n) is 7.24. The van der Waals surface area contributed by atoms with Crippen LogP contribution >= 0.6 is 0 Å². The third kappa shape index (κ3) is 5.72. The topological polar surface area (TPSA) is 26.3 Å². The first-order valence-corrected chi connectivity index (χ1v) is 17.2. The molecule has 0 bridgehead atoms. The number of rotatable bonds is 6. The summed E-state index contributed by atoms with van der Waals surface area (Å²) in [4.78, 5) is 19.2. The molecule has 1 unspecified atom stereocenters. The predicted molar refractivity (Wildman–Crippen MR) is 83.7 cm³/mol. The van der Waals surface area contributed by atoms with Crippen LogP contribution in [-0.4, -0.2) is 30.8 Å². The maximum absolute atomic E-state index is 11.9. The Morgan fingerprint density at radius 3 is 2.63 bits per heavy atom. The van der Waals surface area contributed by atoms with E-state index >= 15 is 0 Å². The molecule has 0 fully saturated rings. The van der Waals surface area contributed by atoms with Gasteiger partial charge in [-0.1, -0.05) is 0 Å². The first-order chi connectivity index (χ1) is 8.70. The van der Waals surface area contributed by atoms with Crippen molar-refractivity contribution in [2.24, 2.45) is 11.8 Å². The van der Waals surface area contributed by atoms with Crippen molar-refractivity contribution >= 4 is 24.2 Å². The van der Waals surface area contributed by atoms with Gasteiger partial charge in [-0.2, -0.15) is 0 Å². The van der Waals surface area contributed by atoms with E-state index in [0.29, 0.717) is 12.5 Å². The van der Waals surface area contributed by atoms with Crippen LogP contribution in [0.4, 0.5) is 0 Å². The van der Waals surface area contributed by atoms with Crippen molar-refractivity contribution < 1.29 is 9.53 Å². The molecular formula is C16H28O2Sn. The van der Waals surface area contributed by atoms with Gasteiger partial charge >= 0.3 is 122 Å². The van der Waals surface area contributed by atoms with Crippen LogP contribution in [0.2, 0.25) is 14.8 Å². The molecule has 0 N–H and O–H groups in total. The zero-order valence-electron chi connectivity index (χ0n) is 13.2. The number of allylic oxidation sites excluding steroid dienone is 4. The summed E-state index contributed by atoms with van der Waals surface area (Å²) in [7, 11) is 0. The second-order valence-electron chi connectivity index (χ2n) is 6.99. The molecule has 0 saturated heterocycles. The zero-order chi connectivity index (χ0) is 14.6. The van der Waals surface area contributed by atoms with E-state index in [4.69, 9.17) is 4.74 Å². The summed E-state index contributed by atoms with van der Waals surface area (Å²) < 4.78 is 7.23. The number of ether oxygens (including phenoxy) is 1. The van der Waals surface area contributed by atoms with E-state index in [2.05, 4.69) is 41.7 Å². The van der Waals surface area contributed by atoms with E-state index in [1.54, 1.807) is 9.67 Å². The van der Waals surface area contributed by atoms with Crippen molar-refractivity contribution in [2.45, 2.75) is 48.4 Å². The summed E-state index contributed by atoms with van der Waals surface area (Å²) in [6.07, 6.45) is 5.67. The quantitative estimate of drug-likeness (QED) is 0.650. The SMILES string of the molecule is C/[C](=C/CC1CC(OCC(C)C)=CC1=O)[Sn]([CH3])([CH3])[CH3]. The van der Waals surface area contributed by atoms with Gasteiger partial charge in [0.1, 0.15) is 0 Å². The standard InChI is InChI=1S/C13H19O2.3CH3.Sn/c1-4-5-6-11-7-12(8-13(11)14)15-9-10(2)3;;;;/h5,8,10-11H,6-7,9H2,1-3H3;3*1H3;. The van der Waals surface area contributed by atoms with Gasteiger partial charge in [-0.05, 0) is 0 Å². The molecule has 3 heteroatoms. The molecule has 0 radical (unpaired) electrons. The Labute approximate surface area is 122 Å². The van der Waals surface area contributed by atoms with Crippen molar-refractivity contribution in [1.29, 1.82) is 0 Å². The third-order valence-electron chi connectivity index (χ3n) is 3.65. The molecule has 0 aromatic carbocycles. The second-order valence-corrected chi connectivity index (χ2v) is 22.1. The predicted octanol–water partition coefficient (Wildman–Crippen LogP) is 4.35. The van der Waals surface area contributed by atoms with Gasteiger partial charge in [0.05, 0.1) is 0 Å². The molecular weight excluding hydrogens is 343 g/mol. The number of hydrogen-bond acceptors (Lipinski definition) is 2. The minimum absolute atomic E-state index is 0.116. The van der Waals surface area contributed by atoms with Gasteiger partial charge < -0.3 is 0 Å². The van der Waals surface area contributed by atoms with Crippen LogP contribution in [0.1, 0.15) is 33.6 Å². The van der Waals surface area contributed by atoms with Crippen LogP contribution in [0.25, 0.3) is 0 Å². The molecule has 1 atom stereocenters. The Morgan fingerprint density at radius 1 is 1.47 bits per heavy atom. The van der Waals surface area contributed by atoms with Crippen molar-refractivity contribution in [3.63, 3.8) is 0 Å². The van der Waals surface area contributed by atoms with E-state index < -0.39 is 18.4 Å². The van der Waals surface area contributed by atoms with Crippen molar-refractivity contribution in [1.82, 2.24) is 0 Å². The molecule has 0 aromatic heterocycles. The average Bonchev–Trinajstić information content (AvgIpc) is 2.63. The first kappa shape index (κ1) is 16.8. The number of hydrogen-bond donors (Lipinski definition) is 0. The van der Waals surface area contributed by atoms with Crippen LogP contribution in [0, 0.1) is 11.8 Å².